The van der Waals surface area contributed by atoms with Crippen LogP contribution >= 0.6 is 15.9 Å². The van der Waals surface area contributed by atoms with Crippen molar-refractivity contribution in [2.45, 2.75) is 58.5 Å². The van der Waals surface area contributed by atoms with Crippen LogP contribution in [0.1, 0.15) is 51.5 Å². The van der Waals surface area contributed by atoms with Gasteiger partial charge in [-0.1, -0.05) is 33.1 Å². The summed E-state index contributed by atoms with van der Waals surface area (Å²) in [5.41, 5.74) is 1.25. The Labute approximate surface area is 113 Å². The summed E-state index contributed by atoms with van der Waals surface area (Å²) >= 11 is 3.45. The molecule has 96 valence electrons. The number of unbranched alkanes of at least 4 members (excludes halogenated alkanes) is 1. The molecule has 1 aromatic heterocycles. The number of nitrogens with one attached hydrogen (secondary N) is 1. The maximum Gasteiger partial charge on any atom is 0.0410 e. The first-order valence-corrected chi connectivity index (χ1v) is 7.38. The van der Waals surface area contributed by atoms with Crippen LogP contribution in [0.25, 0.3) is 0 Å². The van der Waals surface area contributed by atoms with Gasteiger partial charge in [-0.25, -0.2) is 0 Å². The minimum absolute atomic E-state index is 0.652. The third-order valence-electron chi connectivity index (χ3n) is 2.90. The molecule has 1 rings (SSSR count). The van der Waals surface area contributed by atoms with Gasteiger partial charge >= 0.3 is 0 Å². The average Bonchev–Trinajstić information content (AvgIpc) is 2.33. The first-order chi connectivity index (χ1) is 8.26. The molecule has 1 unspecified atom stereocenters. The van der Waals surface area contributed by atoms with E-state index in [-0.39, 0.29) is 0 Å². The first kappa shape index (κ1) is 14.7. The van der Waals surface area contributed by atoms with E-state index in [9.17, 15) is 0 Å². The minimum atomic E-state index is 0.652. The molecule has 0 aliphatic rings. The van der Waals surface area contributed by atoms with E-state index < -0.39 is 0 Å². The van der Waals surface area contributed by atoms with E-state index in [2.05, 4.69) is 46.1 Å². The van der Waals surface area contributed by atoms with Gasteiger partial charge in [-0.3, -0.25) is 4.98 Å². The number of hydrogen-bond donors (Lipinski definition) is 1. The summed E-state index contributed by atoms with van der Waals surface area (Å²) in [6, 6.07) is 2.78. The van der Waals surface area contributed by atoms with Crippen LogP contribution in [0.5, 0.6) is 0 Å². The monoisotopic (exact) mass is 298 g/mol. The van der Waals surface area contributed by atoms with Gasteiger partial charge in [0.1, 0.15) is 0 Å². The summed E-state index contributed by atoms with van der Waals surface area (Å²) in [5.74, 6) is 0. The lowest BCUT2D eigenvalue weighted by atomic mass is 10.0. The van der Waals surface area contributed by atoms with Crippen molar-refractivity contribution >= 4 is 15.9 Å². The van der Waals surface area contributed by atoms with Crippen LogP contribution < -0.4 is 5.32 Å². The fourth-order valence-corrected chi connectivity index (χ4v) is 2.37. The zero-order valence-corrected chi connectivity index (χ0v) is 12.5. The van der Waals surface area contributed by atoms with Crippen molar-refractivity contribution in [3.05, 3.63) is 28.5 Å². The third-order valence-corrected chi connectivity index (χ3v) is 3.33. The Morgan fingerprint density at radius 3 is 2.71 bits per heavy atom. The lowest BCUT2D eigenvalue weighted by Crippen LogP contribution is -2.28. The Bertz CT molecular complexity index is 315. The van der Waals surface area contributed by atoms with Crippen LogP contribution in [0.2, 0.25) is 0 Å². The largest absolute Gasteiger partial charge is 0.310 e. The van der Waals surface area contributed by atoms with Crippen molar-refractivity contribution in [3.63, 3.8) is 0 Å². The van der Waals surface area contributed by atoms with Gasteiger partial charge < -0.3 is 5.32 Å². The lowest BCUT2D eigenvalue weighted by molar-refractivity contribution is 0.434. The van der Waals surface area contributed by atoms with Crippen LogP contribution in [0.15, 0.2) is 22.9 Å². The van der Waals surface area contributed by atoms with Crippen molar-refractivity contribution in [1.29, 1.82) is 0 Å². The molecule has 0 spiro atoms. The van der Waals surface area contributed by atoms with E-state index in [1.54, 1.807) is 0 Å². The highest BCUT2D eigenvalue weighted by atomic mass is 79.9. The smallest absolute Gasteiger partial charge is 0.0410 e. The fourth-order valence-electron chi connectivity index (χ4n) is 1.96. The van der Waals surface area contributed by atoms with Crippen LogP contribution in [0.4, 0.5) is 0 Å². The predicted molar refractivity (Wildman–Crippen MR) is 77.0 cm³/mol. The van der Waals surface area contributed by atoms with Gasteiger partial charge in [-0.15, -0.1) is 0 Å². The Hall–Kier alpha value is -0.410. The maximum absolute atomic E-state index is 4.18. The molecule has 0 radical (unpaired) electrons. The second-order valence-corrected chi connectivity index (χ2v) is 5.44. The molecule has 17 heavy (non-hydrogen) atoms. The van der Waals surface area contributed by atoms with Crippen LogP contribution in [0.3, 0.4) is 0 Å². The van der Waals surface area contributed by atoms with Crippen LogP contribution in [0, 0.1) is 0 Å². The molecule has 0 aliphatic heterocycles. The number of hydrogen-bond acceptors (Lipinski definition) is 2. The zero-order chi connectivity index (χ0) is 12.5. The SMILES string of the molecule is CCCCC(CCC)NCc1cncc(Br)c1. The van der Waals surface area contributed by atoms with E-state index in [1.807, 2.05) is 12.4 Å². The Kier molecular flexibility index (Phi) is 7.45. The van der Waals surface area contributed by atoms with E-state index >= 15 is 0 Å². The molecule has 1 heterocycles. The van der Waals surface area contributed by atoms with Gasteiger partial charge in [0.15, 0.2) is 0 Å². The molecule has 0 aliphatic carbocycles. The highest BCUT2D eigenvalue weighted by Crippen LogP contribution is 2.11. The lowest BCUT2D eigenvalue weighted by Gasteiger charge is -2.17. The summed E-state index contributed by atoms with van der Waals surface area (Å²) in [6.45, 7) is 5.42. The standard InChI is InChI=1S/C14H23BrN2/c1-3-5-7-14(6-4-2)17-10-12-8-13(15)11-16-9-12/h8-9,11,14,17H,3-7,10H2,1-2H3. The molecule has 0 bridgehead atoms. The highest BCUT2D eigenvalue weighted by molar-refractivity contribution is 9.10. The minimum Gasteiger partial charge on any atom is -0.310 e. The van der Waals surface area contributed by atoms with E-state index in [4.69, 9.17) is 0 Å². The predicted octanol–water partition coefficient (Wildman–Crippen LogP) is 4.29. The van der Waals surface area contributed by atoms with Gasteiger partial charge in [-0.05, 0) is 40.4 Å². The Morgan fingerprint density at radius 1 is 1.24 bits per heavy atom. The summed E-state index contributed by atoms with van der Waals surface area (Å²) in [4.78, 5) is 4.18. The number of halogens is 1. The first-order valence-electron chi connectivity index (χ1n) is 6.59. The Balaban J connectivity index is 2.39. The molecule has 0 aromatic carbocycles. The van der Waals surface area contributed by atoms with Crippen molar-refractivity contribution < 1.29 is 0 Å². The normalized spacial score (nSPS) is 12.6. The highest BCUT2D eigenvalue weighted by Gasteiger charge is 2.06. The van der Waals surface area contributed by atoms with Gasteiger partial charge in [0.2, 0.25) is 0 Å². The molecule has 0 fully saturated rings. The number of nitrogens with zero attached hydrogens (tertiary/aromatic N) is 1. The average molecular weight is 299 g/mol. The Morgan fingerprint density at radius 2 is 2.06 bits per heavy atom. The topological polar surface area (TPSA) is 24.9 Å². The van der Waals surface area contributed by atoms with E-state index in [0.29, 0.717) is 6.04 Å². The molecule has 0 amide bonds. The van der Waals surface area contributed by atoms with Crippen LogP contribution in [-0.4, -0.2) is 11.0 Å². The molecule has 2 nitrogen and oxygen atoms in total. The zero-order valence-electron chi connectivity index (χ0n) is 10.9. The van der Waals surface area contributed by atoms with Gasteiger partial charge in [-0.2, -0.15) is 0 Å². The number of pyridine rings is 1. The quantitative estimate of drug-likeness (QED) is 0.774. The van der Waals surface area contributed by atoms with Crippen LogP contribution in [-0.2, 0) is 6.54 Å². The van der Waals surface area contributed by atoms with E-state index in [1.165, 1.54) is 37.7 Å². The van der Waals surface area contributed by atoms with Crippen molar-refractivity contribution in [3.8, 4) is 0 Å². The second-order valence-electron chi connectivity index (χ2n) is 4.52. The number of rotatable bonds is 8. The molecular weight excluding hydrogens is 276 g/mol. The van der Waals surface area contributed by atoms with Gasteiger partial charge in [0, 0.05) is 29.5 Å². The van der Waals surface area contributed by atoms with Crippen molar-refractivity contribution in [2.75, 3.05) is 0 Å². The second kappa shape index (κ2) is 8.65. The fraction of sp³-hybridized carbons (Fsp3) is 0.643. The summed E-state index contributed by atoms with van der Waals surface area (Å²) in [7, 11) is 0. The summed E-state index contributed by atoms with van der Waals surface area (Å²) in [5, 5.41) is 3.64. The molecule has 1 atom stereocenters. The van der Waals surface area contributed by atoms with Gasteiger partial charge in [0.25, 0.3) is 0 Å². The summed E-state index contributed by atoms with van der Waals surface area (Å²) in [6.07, 6.45) is 10.1. The molecule has 1 aromatic rings. The summed E-state index contributed by atoms with van der Waals surface area (Å²) < 4.78 is 1.05. The van der Waals surface area contributed by atoms with E-state index in [0.717, 1.165) is 11.0 Å². The van der Waals surface area contributed by atoms with Gasteiger partial charge in [0.05, 0.1) is 0 Å². The van der Waals surface area contributed by atoms with Crippen molar-refractivity contribution in [2.24, 2.45) is 0 Å². The third kappa shape index (κ3) is 6.18. The van der Waals surface area contributed by atoms with Crippen molar-refractivity contribution in [1.82, 2.24) is 10.3 Å². The number of aromatic nitrogens is 1. The molecule has 1 N–H and O–H groups in total. The molecular formula is C14H23BrN2. The molecule has 0 saturated carbocycles. The maximum atomic E-state index is 4.18. The molecule has 3 heteroatoms. The molecule has 0 saturated heterocycles.